The largest absolute Gasteiger partial charge is 0.494 e. The SMILES string of the molecule is CC1(C)OB(c2ccc(-c3cc(N(c4ccc(-c5ccccc5)cc4)c4ccc5c(c4)c4ccccc4n5-c4ccccc4)ccc3-c3ccc4c5cccc(N(c6cc(B7OC(C)(C)C(C)(C)O7)cc(-c7cccc8ccccc78)c6)c6ccccc6-c6ccccc6)c5n(-c5ccccc5)c4c3)cc2)OC1(C)C. The van der Waals surface area contributed by atoms with Crippen molar-refractivity contribution in [2.45, 2.75) is 77.8 Å². The molecular weight excluding hydrogens is 1340 g/mol. The summed E-state index contributed by atoms with van der Waals surface area (Å²) < 4.78 is 32.4. The molecule has 0 bridgehead atoms. The van der Waals surface area contributed by atoms with Gasteiger partial charge in [-0.1, -0.05) is 249 Å². The minimum absolute atomic E-state index is 0.505. The van der Waals surface area contributed by atoms with Gasteiger partial charge in [0.05, 0.1) is 55.8 Å². The van der Waals surface area contributed by atoms with E-state index in [2.05, 4.69) is 426 Å². The van der Waals surface area contributed by atoms with Crippen LogP contribution in [-0.2, 0) is 18.6 Å². The Morgan fingerprint density at radius 3 is 1.43 bits per heavy atom. The van der Waals surface area contributed by atoms with E-state index in [9.17, 15) is 0 Å². The molecule has 0 amide bonds. The minimum Gasteiger partial charge on any atom is -0.399 e. The average molecular weight is 1430 g/mol. The van der Waals surface area contributed by atoms with Gasteiger partial charge in [-0.2, -0.15) is 0 Å². The lowest BCUT2D eigenvalue weighted by atomic mass is 9.77. The van der Waals surface area contributed by atoms with E-state index in [4.69, 9.17) is 18.6 Å². The zero-order valence-electron chi connectivity index (χ0n) is 63.1. The standard InChI is InChI=1S/C100H82B2N4O4/c1-97(2)98(3,4)108-101(107-97)74-52-47-71(48-53-74)89-65-79(103(78-54-49-68(50-55-78)67-29-13-9-14-30-67)80-57-60-93-90(66-80)86-41-24-26-45-92(86)104(93)76-35-17-11-18-36-76)56-59-84(89)72-51-58-87-88-43-28-46-94(96(88)106(95(87)63-72)77-37-19-12-20-38-77)105(91-44-25-23-40-85(91)70-31-15-10-16-32-70)81-62-73(83-42-27-34-69-33-21-22-39-82(69)83)61-75(64-81)102-109-99(5,6)100(7,8)110-102/h9-66H,1-8H3. The molecule has 4 heterocycles. The van der Waals surface area contributed by atoms with Gasteiger partial charge in [0, 0.05) is 61.2 Å². The number of nitrogens with zero attached hydrogens (tertiary/aromatic N) is 4. The van der Waals surface area contributed by atoms with Crippen molar-refractivity contribution in [3.05, 3.63) is 352 Å². The first kappa shape index (κ1) is 68.3. The molecule has 0 unspecified atom stereocenters. The summed E-state index contributed by atoms with van der Waals surface area (Å²) in [6, 6.07) is 129. The summed E-state index contributed by atoms with van der Waals surface area (Å²) in [5, 5.41) is 6.90. The van der Waals surface area contributed by atoms with Crippen LogP contribution in [0.3, 0.4) is 0 Å². The molecule has 15 aromatic carbocycles. The normalized spacial score (nSPS) is 15.0. The van der Waals surface area contributed by atoms with Crippen molar-refractivity contribution in [2.75, 3.05) is 9.80 Å². The number of rotatable bonds is 15. The van der Waals surface area contributed by atoms with Crippen molar-refractivity contribution < 1.29 is 18.6 Å². The molecule has 2 aromatic heterocycles. The van der Waals surface area contributed by atoms with Gasteiger partial charge < -0.3 is 37.6 Å². The highest BCUT2D eigenvalue weighted by molar-refractivity contribution is 6.62. The van der Waals surface area contributed by atoms with Crippen LogP contribution in [0, 0.1) is 0 Å². The Labute approximate surface area is 643 Å². The lowest BCUT2D eigenvalue weighted by Crippen LogP contribution is -2.41. The van der Waals surface area contributed by atoms with Crippen molar-refractivity contribution in [1.82, 2.24) is 9.13 Å². The summed E-state index contributed by atoms with van der Waals surface area (Å²) in [7, 11) is -1.19. The molecule has 532 valence electrons. The quantitative estimate of drug-likeness (QED) is 0.0954. The molecule has 0 saturated carbocycles. The van der Waals surface area contributed by atoms with Crippen LogP contribution in [0.2, 0.25) is 0 Å². The maximum atomic E-state index is 7.04. The number of hydrogen-bond donors (Lipinski definition) is 0. The van der Waals surface area contributed by atoms with Crippen molar-refractivity contribution in [2.24, 2.45) is 0 Å². The van der Waals surface area contributed by atoms with Crippen molar-refractivity contribution in [3.63, 3.8) is 0 Å². The summed E-state index contributed by atoms with van der Waals surface area (Å²) in [4.78, 5) is 4.90. The molecule has 0 N–H and O–H groups in total. The van der Waals surface area contributed by atoms with E-state index in [-0.39, 0.29) is 0 Å². The maximum absolute atomic E-state index is 7.04. The molecular formula is C100H82B2N4O4. The Balaban J connectivity index is 0.837. The van der Waals surface area contributed by atoms with Crippen molar-refractivity contribution >= 4 is 114 Å². The van der Waals surface area contributed by atoms with Crippen LogP contribution in [0.1, 0.15) is 55.4 Å². The van der Waals surface area contributed by atoms with Crippen LogP contribution in [0.4, 0.5) is 34.1 Å². The Morgan fingerprint density at radius 1 is 0.245 bits per heavy atom. The lowest BCUT2D eigenvalue weighted by molar-refractivity contribution is 0.00578. The fraction of sp³-hybridized carbons (Fsp3) is 0.120. The van der Waals surface area contributed by atoms with Gasteiger partial charge in [0.2, 0.25) is 0 Å². The fourth-order valence-electron chi connectivity index (χ4n) is 16.5. The van der Waals surface area contributed by atoms with E-state index in [1.54, 1.807) is 0 Å². The zero-order chi connectivity index (χ0) is 74.6. The Morgan fingerprint density at radius 2 is 0.727 bits per heavy atom. The number of fused-ring (bicyclic) bond motifs is 7. The number of anilines is 6. The van der Waals surface area contributed by atoms with E-state index < -0.39 is 36.6 Å². The number of aromatic nitrogens is 2. The summed E-state index contributed by atoms with van der Waals surface area (Å²) in [5.74, 6) is 0. The predicted molar refractivity (Wildman–Crippen MR) is 461 cm³/mol. The molecule has 0 atom stereocenters. The van der Waals surface area contributed by atoms with Gasteiger partial charge in [-0.15, -0.1) is 0 Å². The smallest absolute Gasteiger partial charge is 0.399 e. The van der Waals surface area contributed by atoms with E-state index in [1.165, 1.54) is 10.8 Å². The summed E-state index contributed by atoms with van der Waals surface area (Å²) in [6.45, 7) is 17.0. The number of para-hydroxylation sites is 5. The molecule has 0 radical (unpaired) electrons. The highest BCUT2D eigenvalue weighted by Gasteiger charge is 2.53. The van der Waals surface area contributed by atoms with Gasteiger partial charge in [0.1, 0.15) is 0 Å². The van der Waals surface area contributed by atoms with Crippen LogP contribution >= 0.6 is 0 Å². The fourth-order valence-corrected chi connectivity index (χ4v) is 16.5. The van der Waals surface area contributed by atoms with E-state index in [1.807, 2.05) is 0 Å². The predicted octanol–water partition coefficient (Wildman–Crippen LogP) is 24.9. The molecule has 2 fully saturated rings. The van der Waals surface area contributed by atoms with E-state index in [0.717, 1.165) is 156 Å². The Bertz CT molecular complexity index is 6340. The molecule has 0 spiro atoms. The number of hydrogen-bond acceptors (Lipinski definition) is 6. The monoisotopic (exact) mass is 1420 g/mol. The molecule has 8 nitrogen and oxygen atoms in total. The lowest BCUT2D eigenvalue weighted by Gasteiger charge is -2.32. The Kier molecular flexibility index (Phi) is 16.7. The van der Waals surface area contributed by atoms with Crippen LogP contribution < -0.4 is 20.7 Å². The first-order valence-corrected chi connectivity index (χ1v) is 38.2. The van der Waals surface area contributed by atoms with Gasteiger partial charge >= 0.3 is 14.2 Å². The highest BCUT2D eigenvalue weighted by atomic mass is 16.7. The van der Waals surface area contributed by atoms with Crippen molar-refractivity contribution in [1.29, 1.82) is 0 Å². The molecule has 110 heavy (non-hydrogen) atoms. The average Bonchev–Trinajstić information content (AvgIpc) is 1.56. The molecule has 19 rings (SSSR count). The van der Waals surface area contributed by atoms with E-state index in [0.29, 0.717) is 0 Å². The second-order valence-electron chi connectivity index (χ2n) is 31.3. The van der Waals surface area contributed by atoms with Crippen LogP contribution in [0.5, 0.6) is 0 Å². The van der Waals surface area contributed by atoms with Crippen LogP contribution in [0.25, 0.3) is 121 Å². The summed E-state index contributed by atoms with van der Waals surface area (Å²) in [6.07, 6.45) is 0. The maximum Gasteiger partial charge on any atom is 0.494 e. The summed E-state index contributed by atoms with van der Waals surface area (Å²) >= 11 is 0. The molecule has 10 heteroatoms. The van der Waals surface area contributed by atoms with Gasteiger partial charge in [0.15, 0.2) is 0 Å². The molecule has 2 aliphatic rings. The zero-order valence-corrected chi connectivity index (χ0v) is 63.1. The Hall–Kier alpha value is -12.3. The topological polar surface area (TPSA) is 53.3 Å². The van der Waals surface area contributed by atoms with E-state index >= 15 is 0 Å². The van der Waals surface area contributed by atoms with Gasteiger partial charge in [-0.05, 0) is 230 Å². The third kappa shape index (κ3) is 11.8. The molecule has 17 aromatic rings. The second-order valence-corrected chi connectivity index (χ2v) is 31.3. The van der Waals surface area contributed by atoms with Crippen LogP contribution in [0.15, 0.2) is 352 Å². The second kappa shape index (κ2) is 26.8. The first-order chi connectivity index (χ1) is 53.5. The highest BCUT2D eigenvalue weighted by Crippen LogP contribution is 2.51. The van der Waals surface area contributed by atoms with Crippen molar-refractivity contribution in [3.8, 4) is 67.0 Å². The third-order valence-corrected chi connectivity index (χ3v) is 23.6. The van der Waals surface area contributed by atoms with Gasteiger partial charge in [-0.3, -0.25) is 0 Å². The van der Waals surface area contributed by atoms with Gasteiger partial charge in [-0.25, -0.2) is 0 Å². The number of benzene rings is 15. The summed E-state index contributed by atoms with van der Waals surface area (Å²) in [5.41, 5.74) is 23.2. The van der Waals surface area contributed by atoms with Crippen LogP contribution in [-0.4, -0.2) is 45.8 Å². The molecule has 0 aliphatic carbocycles. The first-order valence-electron chi connectivity index (χ1n) is 38.2. The molecule has 2 saturated heterocycles. The van der Waals surface area contributed by atoms with Gasteiger partial charge in [0.25, 0.3) is 0 Å². The molecule has 2 aliphatic heterocycles. The minimum atomic E-state index is -0.657. The third-order valence-electron chi connectivity index (χ3n) is 23.6.